The van der Waals surface area contributed by atoms with Crippen LogP contribution in [0.15, 0.2) is 62.9 Å². The summed E-state index contributed by atoms with van der Waals surface area (Å²) in [6.45, 7) is 4.17. The highest BCUT2D eigenvalue weighted by atomic mass is 79.9. The largest absolute Gasteiger partial charge is 0.335 e. The molecule has 0 fully saturated rings. The molecule has 2 aromatic carbocycles. The second-order valence-corrected chi connectivity index (χ2v) is 7.72. The molecule has 0 radical (unpaired) electrons. The van der Waals surface area contributed by atoms with Crippen LogP contribution in [0.5, 0.6) is 0 Å². The molecule has 1 aliphatic rings. The van der Waals surface area contributed by atoms with Gasteiger partial charge in [-0.15, -0.1) is 0 Å². The van der Waals surface area contributed by atoms with Gasteiger partial charge in [-0.3, -0.25) is 4.99 Å². The van der Waals surface area contributed by atoms with Crippen molar-refractivity contribution in [1.82, 2.24) is 0 Å². The van der Waals surface area contributed by atoms with Gasteiger partial charge in [-0.25, -0.2) is 4.39 Å². The van der Waals surface area contributed by atoms with Gasteiger partial charge in [-0.2, -0.15) is 0 Å². The third-order valence-electron chi connectivity index (χ3n) is 3.45. The van der Waals surface area contributed by atoms with Gasteiger partial charge in [0.2, 0.25) is 0 Å². The van der Waals surface area contributed by atoms with E-state index in [-0.39, 0.29) is 11.4 Å². The number of thioether (sulfide) groups is 1. The Balaban J connectivity index is 1.78. The van der Waals surface area contributed by atoms with E-state index in [1.807, 2.05) is 12.1 Å². The van der Waals surface area contributed by atoms with Crippen LogP contribution in [0.2, 0.25) is 0 Å². The molecule has 2 aromatic rings. The van der Waals surface area contributed by atoms with Crippen molar-refractivity contribution in [3.8, 4) is 0 Å². The quantitative estimate of drug-likeness (QED) is 0.687. The predicted molar refractivity (Wildman–Crippen MR) is 101 cm³/mol. The molecule has 0 spiro atoms. The maximum Gasteiger partial charge on any atom is 0.166 e. The molecule has 0 amide bonds. The van der Waals surface area contributed by atoms with Crippen molar-refractivity contribution < 1.29 is 4.39 Å². The van der Waals surface area contributed by atoms with E-state index >= 15 is 0 Å². The summed E-state index contributed by atoms with van der Waals surface area (Å²) in [5.74, 6) is -0.243. The normalized spacial score (nSPS) is 18.1. The number of rotatable bonds is 2. The van der Waals surface area contributed by atoms with Gasteiger partial charge in [-0.1, -0.05) is 39.8 Å². The third-order valence-corrected chi connectivity index (χ3v) is 5.21. The van der Waals surface area contributed by atoms with E-state index in [0.717, 1.165) is 20.9 Å². The fourth-order valence-electron chi connectivity index (χ4n) is 2.19. The van der Waals surface area contributed by atoms with E-state index in [0.29, 0.717) is 0 Å². The molecule has 2 nitrogen and oxygen atoms in total. The number of amidine groups is 1. The lowest BCUT2D eigenvalue weighted by Crippen LogP contribution is -2.14. The molecule has 0 aliphatic carbocycles. The average molecular weight is 391 g/mol. The number of nitrogens with one attached hydrogen (secondary N) is 1. The predicted octanol–water partition coefficient (Wildman–Crippen LogP) is 5.92. The van der Waals surface area contributed by atoms with Gasteiger partial charge in [0, 0.05) is 15.1 Å². The van der Waals surface area contributed by atoms with Gasteiger partial charge in [-0.05, 0) is 61.9 Å². The Morgan fingerprint density at radius 2 is 1.74 bits per heavy atom. The van der Waals surface area contributed by atoms with Gasteiger partial charge < -0.3 is 5.32 Å². The molecule has 1 aliphatic heterocycles. The van der Waals surface area contributed by atoms with Crippen LogP contribution in [0.4, 0.5) is 10.1 Å². The van der Waals surface area contributed by atoms with Crippen LogP contribution in [-0.4, -0.2) is 10.7 Å². The highest BCUT2D eigenvalue weighted by Gasteiger charge is 2.31. The Bertz CT molecular complexity index is 765. The van der Waals surface area contributed by atoms with E-state index < -0.39 is 0 Å². The number of benzene rings is 2. The number of nitrogens with zero attached hydrogens (tertiary/aromatic N) is 1. The lowest BCUT2D eigenvalue weighted by atomic mass is 10.0. The molecular formula is C18H16BrFN2S. The van der Waals surface area contributed by atoms with E-state index in [4.69, 9.17) is 4.99 Å². The number of hydrogen-bond donors (Lipinski definition) is 1. The summed E-state index contributed by atoms with van der Waals surface area (Å²) in [6.07, 6.45) is 2.15. The maximum absolute atomic E-state index is 13.0. The molecule has 0 atom stereocenters. The molecule has 0 unspecified atom stereocenters. The number of aliphatic imine (C=N–C) groups is 1. The number of anilines is 1. The Labute approximate surface area is 148 Å². The van der Waals surface area contributed by atoms with Crippen molar-refractivity contribution in [2.45, 2.75) is 19.4 Å². The summed E-state index contributed by atoms with van der Waals surface area (Å²) < 4.78 is 14.0. The zero-order valence-corrected chi connectivity index (χ0v) is 15.2. The van der Waals surface area contributed by atoms with Crippen molar-refractivity contribution in [1.29, 1.82) is 0 Å². The van der Waals surface area contributed by atoms with Gasteiger partial charge in [0.05, 0.1) is 5.54 Å². The fourth-order valence-corrected chi connectivity index (χ4v) is 3.59. The standard InChI is InChI=1S/C18H16BrFN2S/c1-18(2)16(11-12-3-5-13(19)6-4-12)23-17(22-18)21-15-9-7-14(20)8-10-15/h3-11H,1-2H3,(H,21,22)/b16-11-. The van der Waals surface area contributed by atoms with Gasteiger partial charge in [0.15, 0.2) is 5.17 Å². The zero-order valence-electron chi connectivity index (χ0n) is 12.8. The van der Waals surface area contributed by atoms with Crippen LogP contribution in [0.3, 0.4) is 0 Å². The minimum Gasteiger partial charge on any atom is -0.335 e. The summed E-state index contributed by atoms with van der Waals surface area (Å²) in [6, 6.07) is 14.5. The molecule has 0 bridgehead atoms. The molecule has 1 N–H and O–H groups in total. The van der Waals surface area contributed by atoms with Gasteiger partial charge in [0.25, 0.3) is 0 Å². The first kappa shape index (κ1) is 16.3. The van der Waals surface area contributed by atoms with E-state index in [9.17, 15) is 4.39 Å². The van der Waals surface area contributed by atoms with Crippen molar-refractivity contribution in [3.05, 3.63) is 69.3 Å². The summed E-state index contributed by atoms with van der Waals surface area (Å²) in [5.41, 5.74) is 1.69. The summed E-state index contributed by atoms with van der Waals surface area (Å²) in [7, 11) is 0. The Morgan fingerprint density at radius 3 is 2.39 bits per heavy atom. The maximum atomic E-state index is 13.0. The lowest BCUT2D eigenvalue weighted by Gasteiger charge is -2.15. The number of halogens is 2. The monoisotopic (exact) mass is 390 g/mol. The van der Waals surface area contributed by atoms with Crippen LogP contribution >= 0.6 is 27.7 Å². The Morgan fingerprint density at radius 1 is 1.09 bits per heavy atom. The van der Waals surface area contributed by atoms with Crippen molar-refractivity contribution in [2.24, 2.45) is 4.99 Å². The van der Waals surface area contributed by atoms with Gasteiger partial charge >= 0.3 is 0 Å². The lowest BCUT2D eigenvalue weighted by molar-refractivity contribution is 0.628. The number of hydrogen-bond acceptors (Lipinski definition) is 3. The molecule has 23 heavy (non-hydrogen) atoms. The molecule has 0 saturated carbocycles. The van der Waals surface area contributed by atoms with Crippen LogP contribution in [0.1, 0.15) is 19.4 Å². The van der Waals surface area contributed by atoms with Crippen LogP contribution < -0.4 is 5.32 Å². The second-order valence-electron chi connectivity index (χ2n) is 5.77. The molecule has 118 valence electrons. The zero-order chi connectivity index (χ0) is 16.4. The minimum absolute atomic E-state index is 0.243. The van der Waals surface area contributed by atoms with E-state index in [2.05, 4.69) is 53.3 Å². The molecule has 0 aromatic heterocycles. The average Bonchev–Trinajstić information content (AvgIpc) is 2.78. The Kier molecular flexibility index (Phi) is 4.60. The first-order chi connectivity index (χ1) is 10.9. The summed E-state index contributed by atoms with van der Waals surface area (Å²) in [4.78, 5) is 5.90. The van der Waals surface area contributed by atoms with Gasteiger partial charge in [0.1, 0.15) is 5.82 Å². The van der Waals surface area contributed by atoms with Crippen molar-refractivity contribution >= 4 is 44.6 Å². The molecule has 1 heterocycles. The van der Waals surface area contributed by atoms with E-state index in [1.165, 1.54) is 17.0 Å². The van der Waals surface area contributed by atoms with Crippen LogP contribution in [0.25, 0.3) is 6.08 Å². The topological polar surface area (TPSA) is 24.4 Å². The SMILES string of the molecule is CC1(C)N=C(Nc2ccc(F)cc2)S/C1=C\c1ccc(Br)cc1. The smallest absolute Gasteiger partial charge is 0.166 e. The van der Waals surface area contributed by atoms with Crippen molar-refractivity contribution in [2.75, 3.05) is 5.32 Å². The summed E-state index contributed by atoms with van der Waals surface area (Å²) >= 11 is 5.06. The van der Waals surface area contributed by atoms with E-state index in [1.54, 1.807) is 23.9 Å². The molecular weight excluding hydrogens is 375 g/mol. The Hall–Kier alpha value is -1.59. The highest BCUT2D eigenvalue weighted by Crippen LogP contribution is 2.40. The second kappa shape index (κ2) is 6.49. The first-order valence-corrected chi connectivity index (χ1v) is 8.81. The molecule has 5 heteroatoms. The highest BCUT2D eigenvalue weighted by molar-refractivity contribution is 9.10. The van der Waals surface area contributed by atoms with Crippen LogP contribution in [-0.2, 0) is 0 Å². The minimum atomic E-state index is -0.278. The first-order valence-electron chi connectivity index (χ1n) is 7.20. The third kappa shape index (κ3) is 4.03. The van der Waals surface area contributed by atoms with Crippen molar-refractivity contribution in [3.63, 3.8) is 0 Å². The summed E-state index contributed by atoms with van der Waals surface area (Å²) in [5, 5.41) is 4.07. The van der Waals surface area contributed by atoms with Crippen LogP contribution in [0, 0.1) is 5.82 Å². The molecule has 0 saturated heterocycles. The molecule has 3 rings (SSSR count). The fraction of sp³-hybridized carbons (Fsp3) is 0.167.